The van der Waals surface area contributed by atoms with Crippen molar-refractivity contribution in [3.05, 3.63) is 23.8 Å². The molecule has 1 aromatic carbocycles. The van der Waals surface area contributed by atoms with Crippen molar-refractivity contribution in [2.75, 3.05) is 37.7 Å². The second-order valence-corrected chi connectivity index (χ2v) is 5.25. The third-order valence-electron chi connectivity index (χ3n) is 3.50. The number of hydrogen-bond acceptors (Lipinski definition) is 3. The molecule has 1 fully saturated rings. The van der Waals surface area contributed by atoms with Gasteiger partial charge < -0.3 is 15.0 Å². The van der Waals surface area contributed by atoms with Gasteiger partial charge in [-0.2, -0.15) is 13.2 Å². The van der Waals surface area contributed by atoms with Crippen LogP contribution in [-0.4, -0.2) is 39.0 Å². The molecule has 0 aliphatic carbocycles. The first-order chi connectivity index (χ1) is 9.96. The number of nitrogens with zero attached hydrogens (tertiary/aromatic N) is 1. The number of anilines is 1. The average molecular weight is 302 g/mol. The van der Waals surface area contributed by atoms with Gasteiger partial charge in [0.05, 0.1) is 6.61 Å². The summed E-state index contributed by atoms with van der Waals surface area (Å²) in [6.45, 7) is 5.87. The molecule has 0 aromatic heterocycles. The largest absolute Gasteiger partial charge is 0.493 e. The standard InChI is InChI=1S/C15H21F3N2O/c1-12-11-13(20-8-6-19-7-9-20)3-4-14(12)21-10-2-5-15(16,17)18/h3-4,11,19H,2,5-10H2,1H3. The van der Waals surface area contributed by atoms with E-state index >= 15 is 0 Å². The Bertz CT molecular complexity index is 457. The molecule has 0 bridgehead atoms. The fourth-order valence-corrected chi connectivity index (χ4v) is 2.37. The Hall–Kier alpha value is -1.43. The molecular weight excluding hydrogens is 281 g/mol. The minimum atomic E-state index is -4.11. The van der Waals surface area contributed by atoms with Crippen LogP contribution in [0.3, 0.4) is 0 Å². The Kier molecular flexibility index (Phi) is 5.33. The van der Waals surface area contributed by atoms with Crippen LogP contribution < -0.4 is 15.0 Å². The number of nitrogens with one attached hydrogen (secondary N) is 1. The highest BCUT2D eigenvalue weighted by atomic mass is 19.4. The molecule has 1 heterocycles. The zero-order valence-electron chi connectivity index (χ0n) is 12.2. The number of benzene rings is 1. The van der Waals surface area contributed by atoms with Gasteiger partial charge in [-0.25, -0.2) is 0 Å². The summed E-state index contributed by atoms with van der Waals surface area (Å²) in [5.74, 6) is 0.663. The van der Waals surface area contributed by atoms with Crippen LogP contribution in [0.2, 0.25) is 0 Å². The smallest absolute Gasteiger partial charge is 0.389 e. The molecule has 0 spiro atoms. The van der Waals surface area contributed by atoms with E-state index in [1.54, 1.807) is 0 Å². The lowest BCUT2D eigenvalue weighted by molar-refractivity contribution is -0.136. The lowest BCUT2D eigenvalue weighted by Gasteiger charge is -2.30. The van der Waals surface area contributed by atoms with E-state index in [0.717, 1.165) is 37.4 Å². The van der Waals surface area contributed by atoms with Crippen LogP contribution in [-0.2, 0) is 0 Å². The minimum absolute atomic E-state index is 0.0114. The summed E-state index contributed by atoms with van der Waals surface area (Å²) in [5, 5.41) is 3.30. The fourth-order valence-electron chi connectivity index (χ4n) is 2.37. The maximum Gasteiger partial charge on any atom is 0.389 e. The van der Waals surface area contributed by atoms with Crippen LogP contribution in [0.15, 0.2) is 18.2 Å². The molecule has 0 radical (unpaired) electrons. The topological polar surface area (TPSA) is 24.5 Å². The van der Waals surface area contributed by atoms with Gasteiger partial charge in [0, 0.05) is 38.3 Å². The molecule has 2 rings (SSSR count). The molecular formula is C15H21F3N2O. The second-order valence-electron chi connectivity index (χ2n) is 5.25. The Morgan fingerprint density at radius 3 is 2.57 bits per heavy atom. The van der Waals surface area contributed by atoms with Crippen molar-refractivity contribution in [2.45, 2.75) is 25.9 Å². The number of ether oxygens (including phenoxy) is 1. The van der Waals surface area contributed by atoms with Crippen LogP contribution in [0, 0.1) is 6.92 Å². The zero-order chi connectivity index (χ0) is 15.3. The van der Waals surface area contributed by atoms with Gasteiger partial charge in [-0.05, 0) is 37.1 Å². The van der Waals surface area contributed by atoms with Crippen LogP contribution in [0.1, 0.15) is 18.4 Å². The van der Waals surface area contributed by atoms with E-state index in [0.29, 0.717) is 5.75 Å². The molecule has 1 aromatic rings. The molecule has 0 unspecified atom stereocenters. The van der Waals surface area contributed by atoms with Gasteiger partial charge in [-0.3, -0.25) is 0 Å². The SMILES string of the molecule is Cc1cc(N2CCNCC2)ccc1OCCCC(F)(F)F. The maximum absolute atomic E-state index is 12.1. The predicted molar refractivity (Wildman–Crippen MR) is 77.0 cm³/mol. The van der Waals surface area contributed by atoms with E-state index < -0.39 is 12.6 Å². The van der Waals surface area contributed by atoms with E-state index in [4.69, 9.17) is 4.74 Å². The lowest BCUT2D eigenvalue weighted by atomic mass is 10.1. The van der Waals surface area contributed by atoms with Crippen molar-refractivity contribution in [2.24, 2.45) is 0 Å². The monoisotopic (exact) mass is 302 g/mol. The second kappa shape index (κ2) is 7.02. The molecule has 0 saturated carbocycles. The van der Waals surface area contributed by atoms with Crippen LogP contribution in [0.25, 0.3) is 0 Å². The van der Waals surface area contributed by atoms with E-state index in [9.17, 15) is 13.2 Å². The Balaban J connectivity index is 1.87. The molecule has 1 aliphatic rings. The fraction of sp³-hybridized carbons (Fsp3) is 0.600. The van der Waals surface area contributed by atoms with E-state index in [-0.39, 0.29) is 13.0 Å². The number of rotatable bonds is 5. The third kappa shape index (κ3) is 5.12. The quantitative estimate of drug-likeness (QED) is 0.846. The highest BCUT2D eigenvalue weighted by Crippen LogP contribution is 2.26. The first kappa shape index (κ1) is 15.9. The molecule has 0 atom stereocenters. The molecule has 6 heteroatoms. The number of piperazine rings is 1. The summed E-state index contributed by atoms with van der Waals surface area (Å²) in [5.41, 5.74) is 2.09. The van der Waals surface area contributed by atoms with E-state index in [2.05, 4.69) is 10.2 Å². The van der Waals surface area contributed by atoms with Gasteiger partial charge >= 0.3 is 6.18 Å². The predicted octanol–water partition coefficient (Wildman–Crippen LogP) is 3.13. The van der Waals surface area contributed by atoms with Crippen LogP contribution in [0.4, 0.5) is 18.9 Å². The minimum Gasteiger partial charge on any atom is -0.493 e. The summed E-state index contributed by atoms with van der Waals surface area (Å²) in [6, 6.07) is 5.85. The van der Waals surface area contributed by atoms with Gasteiger partial charge in [0.25, 0.3) is 0 Å². The van der Waals surface area contributed by atoms with Gasteiger partial charge in [0.2, 0.25) is 0 Å². The van der Waals surface area contributed by atoms with Gasteiger partial charge in [0.1, 0.15) is 5.75 Å². The van der Waals surface area contributed by atoms with Crippen molar-refractivity contribution in [1.29, 1.82) is 0 Å². The third-order valence-corrected chi connectivity index (χ3v) is 3.50. The highest BCUT2D eigenvalue weighted by molar-refractivity contribution is 5.53. The lowest BCUT2D eigenvalue weighted by Crippen LogP contribution is -2.43. The van der Waals surface area contributed by atoms with Gasteiger partial charge in [-0.15, -0.1) is 0 Å². The van der Waals surface area contributed by atoms with Gasteiger partial charge in [-0.1, -0.05) is 0 Å². The molecule has 118 valence electrons. The van der Waals surface area contributed by atoms with Crippen molar-refractivity contribution in [3.63, 3.8) is 0 Å². The molecule has 0 amide bonds. The summed E-state index contributed by atoms with van der Waals surface area (Å²) in [7, 11) is 0. The van der Waals surface area contributed by atoms with Crippen molar-refractivity contribution in [1.82, 2.24) is 5.32 Å². The molecule has 1 saturated heterocycles. The molecule has 1 N–H and O–H groups in total. The highest BCUT2D eigenvalue weighted by Gasteiger charge is 2.26. The molecule has 21 heavy (non-hydrogen) atoms. The average Bonchev–Trinajstić information content (AvgIpc) is 2.45. The number of alkyl halides is 3. The molecule has 1 aliphatic heterocycles. The molecule has 3 nitrogen and oxygen atoms in total. The normalized spacial score (nSPS) is 16.1. The summed E-state index contributed by atoms with van der Waals surface area (Å²) >= 11 is 0. The van der Waals surface area contributed by atoms with E-state index in [1.165, 1.54) is 0 Å². The summed E-state index contributed by atoms with van der Waals surface area (Å²) in [6.07, 6.45) is -4.92. The first-order valence-electron chi connectivity index (χ1n) is 7.21. The number of hydrogen-bond donors (Lipinski definition) is 1. The maximum atomic E-state index is 12.1. The zero-order valence-corrected chi connectivity index (χ0v) is 12.2. The van der Waals surface area contributed by atoms with Gasteiger partial charge in [0.15, 0.2) is 0 Å². The Morgan fingerprint density at radius 2 is 1.95 bits per heavy atom. The summed E-state index contributed by atoms with van der Waals surface area (Å²) in [4.78, 5) is 2.29. The van der Waals surface area contributed by atoms with Crippen molar-refractivity contribution in [3.8, 4) is 5.75 Å². The number of halogens is 3. The first-order valence-corrected chi connectivity index (χ1v) is 7.21. The van der Waals surface area contributed by atoms with Crippen LogP contribution >= 0.6 is 0 Å². The Labute approximate surface area is 123 Å². The van der Waals surface area contributed by atoms with Crippen molar-refractivity contribution < 1.29 is 17.9 Å². The number of aryl methyl sites for hydroxylation is 1. The Morgan fingerprint density at radius 1 is 1.24 bits per heavy atom. The van der Waals surface area contributed by atoms with Crippen molar-refractivity contribution >= 4 is 5.69 Å². The van der Waals surface area contributed by atoms with E-state index in [1.807, 2.05) is 25.1 Å². The van der Waals surface area contributed by atoms with Crippen LogP contribution in [0.5, 0.6) is 5.75 Å². The summed E-state index contributed by atoms with van der Waals surface area (Å²) < 4.78 is 41.6.